The molecule has 0 aliphatic carbocycles. The molecule has 2 aromatic rings. The van der Waals surface area contributed by atoms with Crippen LogP contribution in [0.4, 0.5) is 5.69 Å². The van der Waals surface area contributed by atoms with Crippen LogP contribution in [0.15, 0.2) is 36.4 Å². The zero-order chi connectivity index (χ0) is 18.6. The third-order valence-electron chi connectivity index (χ3n) is 3.84. The van der Waals surface area contributed by atoms with Crippen LogP contribution in [0.1, 0.15) is 31.9 Å². The highest BCUT2D eigenvalue weighted by Crippen LogP contribution is 2.31. The zero-order valence-electron chi connectivity index (χ0n) is 15.3. The lowest BCUT2D eigenvalue weighted by Gasteiger charge is -2.21. The summed E-state index contributed by atoms with van der Waals surface area (Å²) in [5, 5.41) is 3.52. The van der Waals surface area contributed by atoms with Crippen molar-refractivity contribution in [1.29, 1.82) is 0 Å². The lowest BCUT2D eigenvalue weighted by Crippen LogP contribution is -2.21. The highest BCUT2D eigenvalue weighted by atomic mass is 35.5. The van der Waals surface area contributed by atoms with Crippen LogP contribution >= 0.6 is 11.6 Å². The van der Waals surface area contributed by atoms with Crippen LogP contribution in [0.2, 0.25) is 5.02 Å². The molecule has 0 aliphatic rings. The van der Waals surface area contributed by atoms with Gasteiger partial charge in [-0.1, -0.05) is 38.4 Å². The minimum atomic E-state index is -0.253. The van der Waals surface area contributed by atoms with E-state index in [9.17, 15) is 4.79 Å². The minimum absolute atomic E-state index is 0.0247. The third kappa shape index (κ3) is 5.13. The van der Waals surface area contributed by atoms with Gasteiger partial charge in [-0.3, -0.25) is 4.79 Å². The number of halogens is 1. The normalized spacial score (nSPS) is 11.1. The number of hydrogen-bond donors (Lipinski definition) is 1. The van der Waals surface area contributed by atoms with Crippen molar-refractivity contribution in [1.82, 2.24) is 0 Å². The smallest absolute Gasteiger partial charge is 0.262 e. The molecule has 0 aromatic heterocycles. The van der Waals surface area contributed by atoms with Gasteiger partial charge in [0.25, 0.3) is 5.91 Å². The van der Waals surface area contributed by atoms with Crippen molar-refractivity contribution in [2.24, 2.45) is 0 Å². The number of ether oxygens (including phenoxy) is 2. The number of amides is 1. The molecule has 4 nitrogen and oxygen atoms in total. The number of carbonyl (C=O) groups excluding carboxylic acids is 1. The summed E-state index contributed by atoms with van der Waals surface area (Å²) in [5.74, 6) is 0.966. The SMILES string of the molecule is COc1ccc(C(C)(C)C)cc1NC(=O)COc1ccc(Cl)c(C)c1. The number of nitrogens with one attached hydrogen (secondary N) is 1. The number of hydrogen-bond acceptors (Lipinski definition) is 3. The molecule has 0 bridgehead atoms. The summed E-state index contributed by atoms with van der Waals surface area (Å²) in [6, 6.07) is 11.1. The summed E-state index contributed by atoms with van der Waals surface area (Å²) in [5.41, 5.74) is 2.62. The standard InChI is InChI=1S/C20H24ClNO3/c1-13-10-15(7-8-16(13)21)25-12-19(23)22-17-11-14(20(2,3)4)6-9-18(17)24-5/h6-11H,12H2,1-5H3,(H,22,23). The molecular weight excluding hydrogens is 338 g/mol. The van der Waals surface area contributed by atoms with Crippen LogP contribution in [0.5, 0.6) is 11.5 Å². The van der Waals surface area contributed by atoms with Crippen LogP contribution in [-0.4, -0.2) is 19.6 Å². The maximum atomic E-state index is 12.2. The molecule has 2 aromatic carbocycles. The summed E-state index contributed by atoms with van der Waals surface area (Å²) < 4.78 is 10.9. The second-order valence-electron chi connectivity index (χ2n) is 6.91. The van der Waals surface area contributed by atoms with E-state index in [1.54, 1.807) is 25.3 Å². The number of methoxy groups -OCH3 is 1. The first kappa shape index (κ1) is 19.1. The summed E-state index contributed by atoms with van der Waals surface area (Å²) in [7, 11) is 1.58. The first-order chi connectivity index (χ1) is 11.7. The monoisotopic (exact) mass is 361 g/mol. The van der Waals surface area contributed by atoms with Crippen LogP contribution in [0.3, 0.4) is 0 Å². The van der Waals surface area contributed by atoms with E-state index >= 15 is 0 Å². The molecule has 134 valence electrons. The number of carbonyl (C=O) groups is 1. The first-order valence-corrected chi connectivity index (χ1v) is 8.46. The van der Waals surface area contributed by atoms with E-state index in [-0.39, 0.29) is 17.9 Å². The largest absolute Gasteiger partial charge is 0.495 e. The Balaban J connectivity index is 2.07. The summed E-state index contributed by atoms with van der Waals surface area (Å²) >= 11 is 5.99. The van der Waals surface area contributed by atoms with E-state index in [1.807, 2.05) is 25.1 Å². The molecule has 1 amide bonds. The van der Waals surface area contributed by atoms with Gasteiger partial charge in [0.2, 0.25) is 0 Å². The van der Waals surface area contributed by atoms with Gasteiger partial charge in [-0.25, -0.2) is 0 Å². The molecular formula is C20H24ClNO3. The fourth-order valence-electron chi connectivity index (χ4n) is 2.31. The maximum absolute atomic E-state index is 12.2. The maximum Gasteiger partial charge on any atom is 0.262 e. The quantitative estimate of drug-likeness (QED) is 0.817. The molecule has 5 heteroatoms. The van der Waals surface area contributed by atoms with Crippen molar-refractivity contribution in [2.45, 2.75) is 33.1 Å². The van der Waals surface area contributed by atoms with Gasteiger partial charge in [-0.15, -0.1) is 0 Å². The molecule has 25 heavy (non-hydrogen) atoms. The van der Waals surface area contributed by atoms with Gasteiger partial charge in [0, 0.05) is 5.02 Å². The van der Waals surface area contributed by atoms with Gasteiger partial charge in [0.05, 0.1) is 12.8 Å². The van der Waals surface area contributed by atoms with Crippen molar-refractivity contribution in [3.8, 4) is 11.5 Å². The van der Waals surface area contributed by atoms with Crippen molar-refractivity contribution in [2.75, 3.05) is 19.0 Å². The molecule has 0 spiro atoms. The van der Waals surface area contributed by atoms with E-state index in [2.05, 4.69) is 26.1 Å². The average Bonchev–Trinajstić information content (AvgIpc) is 2.55. The molecule has 0 heterocycles. The Kier molecular flexibility index (Phi) is 5.96. The summed E-state index contributed by atoms with van der Waals surface area (Å²) in [6.45, 7) is 8.15. The molecule has 0 aliphatic heterocycles. The van der Waals surface area contributed by atoms with Crippen molar-refractivity contribution in [3.63, 3.8) is 0 Å². The van der Waals surface area contributed by atoms with E-state index in [0.29, 0.717) is 22.2 Å². The Hall–Kier alpha value is -2.20. The number of rotatable bonds is 5. The fourth-order valence-corrected chi connectivity index (χ4v) is 2.43. The lowest BCUT2D eigenvalue weighted by molar-refractivity contribution is -0.118. The second kappa shape index (κ2) is 7.79. The fraction of sp³-hybridized carbons (Fsp3) is 0.350. The number of benzene rings is 2. The second-order valence-corrected chi connectivity index (χ2v) is 7.32. The van der Waals surface area contributed by atoms with Gasteiger partial charge in [0.1, 0.15) is 11.5 Å². The highest BCUT2D eigenvalue weighted by Gasteiger charge is 2.17. The average molecular weight is 362 g/mol. The number of aryl methyl sites for hydroxylation is 1. The third-order valence-corrected chi connectivity index (χ3v) is 4.26. The van der Waals surface area contributed by atoms with Crippen LogP contribution in [0, 0.1) is 6.92 Å². The van der Waals surface area contributed by atoms with E-state index < -0.39 is 0 Å². The molecule has 1 N–H and O–H groups in total. The van der Waals surface area contributed by atoms with E-state index in [1.165, 1.54) is 0 Å². The van der Waals surface area contributed by atoms with E-state index in [4.69, 9.17) is 21.1 Å². The highest BCUT2D eigenvalue weighted by molar-refractivity contribution is 6.31. The topological polar surface area (TPSA) is 47.6 Å². The van der Waals surface area contributed by atoms with Crippen LogP contribution < -0.4 is 14.8 Å². The molecule has 0 saturated heterocycles. The molecule has 0 unspecified atom stereocenters. The van der Waals surface area contributed by atoms with Crippen LogP contribution in [-0.2, 0) is 10.2 Å². The van der Waals surface area contributed by atoms with Crippen LogP contribution in [0.25, 0.3) is 0 Å². The van der Waals surface area contributed by atoms with Gasteiger partial charge in [-0.2, -0.15) is 0 Å². The molecule has 0 radical (unpaired) electrons. The minimum Gasteiger partial charge on any atom is -0.495 e. The molecule has 0 saturated carbocycles. The van der Waals surface area contributed by atoms with Gasteiger partial charge in [-0.05, 0) is 53.8 Å². The van der Waals surface area contributed by atoms with Gasteiger partial charge >= 0.3 is 0 Å². The Morgan fingerprint density at radius 3 is 2.48 bits per heavy atom. The van der Waals surface area contributed by atoms with Gasteiger partial charge in [0.15, 0.2) is 6.61 Å². The Bertz CT molecular complexity index is 766. The molecule has 0 atom stereocenters. The lowest BCUT2D eigenvalue weighted by atomic mass is 9.87. The Labute approximate surface area is 154 Å². The predicted octanol–water partition coefficient (Wildman–Crippen LogP) is 4.97. The van der Waals surface area contributed by atoms with Crippen molar-refractivity contribution < 1.29 is 14.3 Å². The first-order valence-electron chi connectivity index (χ1n) is 8.08. The van der Waals surface area contributed by atoms with Gasteiger partial charge < -0.3 is 14.8 Å². The summed E-state index contributed by atoms with van der Waals surface area (Å²) in [4.78, 5) is 12.2. The van der Waals surface area contributed by atoms with Crippen molar-refractivity contribution in [3.05, 3.63) is 52.5 Å². The zero-order valence-corrected chi connectivity index (χ0v) is 16.0. The molecule has 2 rings (SSSR count). The Morgan fingerprint density at radius 1 is 1.16 bits per heavy atom. The molecule has 0 fully saturated rings. The Morgan fingerprint density at radius 2 is 1.88 bits per heavy atom. The predicted molar refractivity (Wildman–Crippen MR) is 102 cm³/mol. The van der Waals surface area contributed by atoms with E-state index in [0.717, 1.165) is 11.1 Å². The summed E-state index contributed by atoms with van der Waals surface area (Å²) in [6.07, 6.45) is 0. The van der Waals surface area contributed by atoms with Crippen molar-refractivity contribution >= 4 is 23.2 Å². The number of anilines is 1.